The molecule has 0 atom stereocenters. The van der Waals surface area contributed by atoms with E-state index in [1.807, 2.05) is 12.2 Å². The van der Waals surface area contributed by atoms with Crippen molar-refractivity contribution in [3.8, 4) is 11.3 Å². The van der Waals surface area contributed by atoms with Crippen LogP contribution in [0.25, 0.3) is 17.3 Å². The van der Waals surface area contributed by atoms with Crippen LogP contribution < -0.4 is 5.73 Å². The summed E-state index contributed by atoms with van der Waals surface area (Å²) in [5.41, 5.74) is 8.09. The van der Waals surface area contributed by atoms with E-state index in [4.69, 9.17) is 5.73 Å². The van der Waals surface area contributed by atoms with Gasteiger partial charge in [0.1, 0.15) is 5.82 Å². The van der Waals surface area contributed by atoms with E-state index in [9.17, 15) is 4.39 Å². The van der Waals surface area contributed by atoms with Crippen LogP contribution in [-0.2, 0) is 0 Å². The second-order valence-electron chi connectivity index (χ2n) is 3.35. The van der Waals surface area contributed by atoms with Gasteiger partial charge >= 0.3 is 0 Å². The second kappa shape index (κ2) is 4.72. The van der Waals surface area contributed by atoms with Gasteiger partial charge in [-0.15, -0.1) is 0 Å². The molecule has 4 heteroatoms. The van der Waals surface area contributed by atoms with Crippen LogP contribution in [0.15, 0.2) is 36.5 Å². The predicted molar refractivity (Wildman–Crippen MR) is 62.1 cm³/mol. The number of aromatic nitrogens is 2. The highest BCUT2D eigenvalue weighted by atomic mass is 19.1. The van der Waals surface area contributed by atoms with Gasteiger partial charge < -0.3 is 5.73 Å². The Kier molecular flexibility index (Phi) is 3.12. The zero-order valence-corrected chi connectivity index (χ0v) is 8.65. The van der Waals surface area contributed by atoms with E-state index in [0.29, 0.717) is 6.54 Å². The lowest BCUT2D eigenvalue weighted by molar-refractivity contribution is 0.628. The van der Waals surface area contributed by atoms with E-state index in [2.05, 4.69) is 10.2 Å². The van der Waals surface area contributed by atoms with Gasteiger partial charge in [0.15, 0.2) is 0 Å². The molecule has 1 heterocycles. The smallest absolute Gasteiger partial charge is 0.123 e. The van der Waals surface area contributed by atoms with Gasteiger partial charge in [-0.2, -0.15) is 5.10 Å². The summed E-state index contributed by atoms with van der Waals surface area (Å²) in [6.45, 7) is 0.480. The van der Waals surface area contributed by atoms with Crippen molar-refractivity contribution in [2.75, 3.05) is 6.54 Å². The number of aromatic amines is 1. The molecule has 2 aromatic rings. The maximum Gasteiger partial charge on any atom is 0.123 e. The molecule has 0 aliphatic rings. The predicted octanol–water partition coefficient (Wildman–Crippen LogP) is 2.19. The molecule has 3 N–H and O–H groups in total. The van der Waals surface area contributed by atoms with Gasteiger partial charge in [0.25, 0.3) is 0 Å². The number of nitrogens with one attached hydrogen (secondary N) is 1. The highest BCUT2D eigenvalue weighted by Gasteiger charge is 2.04. The summed E-state index contributed by atoms with van der Waals surface area (Å²) >= 11 is 0. The topological polar surface area (TPSA) is 54.7 Å². The number of halogens is 1. The molecule has 3 nitrogen and oxygen atoms in total. The lowest BCUT2D eigenvalue weighted by Crippen LogP contribution is -1.92. The number of rotatable bonds is 3. The molecule has 0 radical (unpaired) electrons. The van der Waals surface area contributed by atoms with Gasteiger partial charge in [-0.25, -0.2) is 4.39 Å². The fourth-order valence-electron chi connectivity index (χ4n) is 1.46. The molecular formula is C12H12FN3. The number of hydrogen-bond donors (Lipinski definition) is 2. The van der Waals surface area contributed by atoms with Crippen molar-refractivity contribution in [2.24, 2.45) is 5.73 Å². The summed E-state index contributed by atoms with van der Waals surface area (Å²) in [6, 6.07) is 6.27. The Labute approximate surface area is 92.8 Å². The Balaban J connectivity index is 2.36. The largest absolute Gasteiger partial charge is 0.327 e. The molecule has 0 fully saturated rings. The quantitative estimate of drug-likeness (QED) is 0.828. The Bertz CT molecular complexity index is 485. The van der Waals surface area contributed by atoms with Crippen LogP contribution in [0.3, 0.4) is 0 Å². The van der Waals surface area contributed by atoms with Crippen LogP contribution in [0.5, 0.6) is 0 Å². The van der Waals surface area contributed by atoms with Crippen LogP contribution in [0.4, 0.5) is 4.39 Å². The number of benzene rings is 1. The van der Waals surface area contributed by atoms with Crippen molar-refractivity contribution in [1.82, 2.24) is 10.2 Å². The third-order valence-electron chi connectivity index (χ3n) is 2.24. The van der Waals surface area contributed by atoms with E-state index in [0.717, 1.165) is 16.8 Å². The minimum atomic E-state index is -0.248. The standard InChI is InChI=1S/C12H12FN3/c13-11-5-3-9(4-6-11)12-10(2-1-7-14)8-15-16-12/h1-6,8H,7,14H2,(H,15,16). The normalized spacial score (nSPS) is 11.1. The first kappa shape index (κ1) is 10.6. The lowest BCUT2D eigenvalue weighted by Gasteiger charge is -1.99. The Morgan fingerprint density at radius 2 is 2.06 bits per heavy atom. The van der Waals surface area contributed by atoms with Crippen molar-refractivity contribution in [1.29, 1.82) is 0 Å². The highest BCUT2D eigenvalue weighted by molar-refractivity contribution is 5.71. The van der Waals surface area contributed by atoms with E-state index in [1.54, 1.807) is 18.3 Å². The third kappa shape index (κ3) is 2.17. The minimum absolute atomic E-state index is 0.248. The Hall–Kier alpha value is -1.94. The molecule has 0 spiro atoms. The molecular weight excluding hydrogens is 205 g/mol. The average molecular weight is 217 g/mol. The van der Waals surface area contributed by atoms with Crippen LogP contribution in [-0.4, -0.2) is 16.7 Å². The molecule has 16 heavy (non-hydrogen) atoms. The summed E-state index contributed by atoms with van der Waals surface area (Å²) in [4.78, 5) is 0. The number of hydrogen-bond acceptors (Lipinski definition) is 2. The summed E-state index contributed by atoms with van der Waals surface area (Å²) in [7, 11) is 0. The maximum absolute atomic E-state index is 12.8. The second-order valence-corrected chi connectivity index (χ2v) is 3.35. The van der Waals surface area contributed by atoms with Crippen molar-refractivity contribution >= 4 is 6.08 Å². The van der Waals surface area contributed by atoms with Crippen LogP contribution in [0.2, 0.25) is 0 Å². The molecule has 0 saturated heterocycles. The van der Waals surface area contributed by atoms with Gasteiger partial charge in [0.2, 0.25) is 0 Å². The Morgan fingerprint density at radius 1 is 1.31 bits per heavy atom. The molecule has 0 bridgehead atoms. The van der Waals surface area contributed by atoms with Crippen molar-refractivity contribution in [3.63, 3.8) is 0 Å². The van der Waals surface area contributed by atoms with Gasteiger partial charge in [0.05, 0.1) is 11.9 Å². The maximum atomic E-state index is 12.8. The first-order valence-electron chi connectivity index (χ1n) is 4.97. The molecule has 1 aromatic heterocycles. The highest BCUT2D eigenvalue weighted by Crippen LogP contribution is 2.22. The molecule has 82 valence electrons. The fourth-order valence-corrected chi connectivity index (χ4v) is 1.46. The molecule has 1 aromatic carbocycles. The van der Waals surface area contributed by atoms with Gasteiger partial charge in [-0.1, -0.05) is 12.2 Å². The summed E-state index contributed by atoms with van der Waals surface area (Å²) < 4.78 is 12.8. The number of nitrogens with two attached hydrogens (primary N) is 1. The SMILES string of the molecule is NCC=Cc1cn[nH]c1-c1ccc(F)cc1. The van der Waals surface area contributed by atoms with Crippen molar-refractivity contribution < 1.29 is 4.39 Å². The first-order chi connectivity index (χ1) is 7.81. The van der Waals surface area contributed by atoms with Crippen LogP contribution >= 0.6 is 0 Å². The van der Waals surface area contributed by atoms with Crippen molar-refractivity contribution in [3.05, 3.63) is 47.9 Å². The molecule has 0 amide bonds. The van der Waals surface area contributed by atoms with E-state index in [1.165, 1.54) is 12.1 Å². The van der Waals surface area contributed by atoms with E-state index in [-0.39, 0.29) is 5.82 Å². The van der Waals surface area contributed by atoms with E-state index >= 15 is 0 Å². The molecule has 0 saturated carbocycles. The van der Waals surface area contributed by atoms with Crippen molar-refractivity contribution in [2.45, 2.75) is 0 Å². The zero-order valence-electron chi connectivity index (χ0n) is 8.65. The fraction of sp³-hybridized carbons (Fsp3) is 0.0833. The number of nitrogens with zero attached hydrogens (tertiary/aromatic N) is 1. The van der Waals surface area contributed by atoms with Crippen LogP contribution in [0, 0.1) is 5.82 Å². The molecule has 0 aliphatic carbocycles. The zero-order chi connectivity index (χ0) is 11.4. The summed E-state index contributed by atoms with van der Waals surface area (Å²) in [5, 5.41) is 6.85. The lowest BCUT2D eigenvalue weighted by atomic mass is 10.1. The van der Waals surface area contributed by atoms with E-state index < -0.39 is 0 Å². The van der Waals surface area contributed by atoms with Gasteiger partial charge in [-0.05, 0) is 24.3 Å². The molecule has 0 aliphatic heterocycles. The minimum Gasteiger partial charge on any atom is -0.327 e. The molecule has 2 rings (SSSR count). The van der Waals surface area contributed by atoms with Crippen LogP contribution in [0.1, 0.15) is 5.56 Å². The molecule has 0 unspecified atom stereocenters. The van der Waals surface area contributed by atoms with Gasteiger partial charge in [0, 0.05) is 17.7 Å². The number of H-pyrrole nitrogens is 1. The first-order valence-corrected chi connectivity index (χ1v) is 4.97. The Morgan fingerprint density at radius 3 is 2.75 bits per heavy atom. The summed E-state index contributed by atoms with van der Waals surface area (Å²) in [5.74, 6) is -0.248. The average Bonchev–Trinajstić information content (AvgIpc) is 2.75. The van der Waals surface area contributed by atoms with Gasteiger partial charge in [-0.3, -0.25) is 5.10 Å². The monoisotopic (exact) mass is 217 g/mol. The third-order valence-corrected chi connectivity index (χ3v) is 2.24. The summed E-state index contributed by atoms with van der Waals surface area (Å²) in [6.07, 6.45) is 5.45.